The number of aromatic nitrogens is 4. The van der Waals surface area contributed by atoms with Gasteiger partial charge in [-0.05, 0) is 114 Å². The number of thioether (sulfide) groups is 2. The molecule has 558 valence electrons. The van der Waals surface area contributed by atoms with Crippen LogP contribution in [0.4, 0.5) is 8.78 Å². The van der Waals surface area contributed by atoms with Crippen molar-refractivity contribution < 1.29 is 71.7 Å². The number of aliphatic carboxylic acids is 1. The number of nitrogens with zero attached hydrogens (tertiary/aromatic N) is 2. The van der Waals surface area contributed by atoms with Crippen LogP contribution in [0.1, 0.15) is 83.5 Å². The molecule has 9 atom stereocenters. The molecule has 0 unspecified atom stereocenters. The molecule has 28 nitrogen and oxygen atoms in total. The summed E-state index contributed by atoms with van der Waals surface area (Å²) in [5.74, 6) is -11.3. The Labute approximate surface area is 615 Å². The van der Waals surface area contributed by atoms with E-state index in [4.69, 9.17) is 11.5 Å². The van der Waals surface area contributed by atoms with Crippen LogP contribution in [0.5, 0.6) is 5.75 Å². The van der Waals surface area contributed by atoms with Gasteiger partial charge in [-0.2, -0.15) is 23.5 Å². The third kappa shape index (κ3) is 21.5. The van der Waals surface area contributed by atoms with Crippen molar-refractivity contribution in [3.05, 3.63) is 191 Å². The third-order valence-corrected chi connectivity index (χ3v) is 20.5. The zero-order chi connectivity index (χ0) is 75.4. The summed E-state index contributed by atoms with van der Waals surface area (Å²) in [6.45, 7) is -0.511. The highest BCUT2D eigenvalue weighted by Crippen LogP contribution is 2.34. The number of hydrogen-bond acceptors (Lipinski definition) is 16. The summed E-state index contributed by atoms with van der Waals surface area (Å²) in [6, 6.07) is 17.7. The predicted molar refractivity (Wildman–Crippen MR) is 392 cm³/mol. The number of carbonyl (C=O) groups excluding carboxylic acids is 10. The number of nitrogens with one attached hydrogen (secondary N) is 11. The molecule has 5 heterocycles. The molecule has 1 saturated heterocycles. The van der Waals surface area contributed by atoms with E-state index in [1.165, 1.54) is 108 Å². The van der Waals surface area contributed by atoms with Crippen LogP contribution in [-0.4, -0.2) is 180 Å². The van der Waals surface area contributed by atoms with Crippen molar-refractivity contribution in [2.45, 2.75) is 130 Å². The molecule has 0 radical (unpaired) electrons. The first-order valence-corrected chi connectivity index (χ1v) is 36.8. The number of fused-ring (bicyclic) bond motifs is 5. The molecule has 3 aromatic heterocycles. The number of rotatable bonds is 16. The first-order chi connectivity index (χ1) is 51.0. The maximum atomic E-state index is 15.6. The van der Waals surface area contributed by atoms with Gasteiger partial charge in [-0.15, -0.1) is 0 Å². The van der Waals surface area contributed by atoms with Gasteiger partial charge in [0.15, 0.2) is 0 Å². The number of carbonyl (C=O) groups is 11. The Bertz CT molecular complexity index is 4470. The first kappa shape index (κ1) is 77.5. The molecular formula is C74H83F2N15O13S2. The molecule has 0 aliphatic carbocycles. The van der Waals surface area contributed by atoms with Gasteiger partial charge < -0.3 is 84.1 Å². The van der Waals surface area contributed by atoms with E-state index >= 15 is 23.6 Å². The Morgan fingerprint density at radius 1 is 0.594 bits per heavy atom. The van der Waals surface area contributed by atoms with Crippen molar-refractivity contribution in [2.24, 2.45) is 11.5 Å². The molecule has 8 aromatic rings. The fraction of sp³-hybridized carbons (Fsp3) is 0.351. The summed E-state index contributed by atoms with van der Waals surface area (Å²) < 4.78 is 29.9. The molecule has 2 bridgehead atoms. The molecule has 10 amide bonds. The first-order valence-electron chi connectivity index (χ1n) is 34.5. The van der Waals surface area contributed by atoms with Crippen molar-refractivity contribution in [1.82, 2.24) is 67.4 Å². The number of H-pyrrole nitrogens is 3. The molecule has 2 aliphatic heterocycles. The van der Waals surface area contributed by atoms with Crippen LogP contribution in [0, 0.1) is 11.6 Å². The van der Waals surface area contributed by atoms with Gasteiger partial charge in [0.05, 0.1) is 19.3 Å². The number of carboxylic acids is 1. The molecule has 10 rings (SSSR count). The van der Waals surface area contributed by atoms with Crippen molar-refractivity contribution in [2.75, 3.05) is 31.1 Å². The Morgan fingerprint density at radius 3 is 1.80 bits per heavy atom. The number of primary amides is 1. The van der Waals surface area contributed by atoms with Crippen molar-refractivity contribution in [1.29, 1.82) is 0 Å². The van der Waals surface area contributed by atoms with Crippen LogP contribution in [0.15, 0.2) is 140 Å². The number of aromatic amines is 3. The lowest BCUT2D eigenvalue weighted by Gasteiger charge is -2.31. The van der Waals surface area contributed by atoms with Gasteiger partial charge in [0.1, 0.15) is 65.7 Å². The molecule has 106 heavy (non-hydrogen) atoms. The van der Waals surface area contributed by atoms with Gasteiger partial charge >= 0.3 is 5.97 Å². The molecule has 32 heteroatoms. The Hall–Kier alpha value is -11.1. The Kier molecular flexibility index (Phi) is 27.1. The van der Waals surface area contributed by atoms with E-state index in [0.717, 1.165) is 22.8 Å². The number of aromatic hydroxyl groups is 1. The molecule has 0 saturated carbocycles. The van der Waals surface area contributed by atoms with Crippen molar-refractivity contribution >= 4 is 110 Å². The molecule has 0 spiro atoms. The molecule has 1 fully saturated rings. The van der Waals surface area contributed by atoms with E-state index in [2.05, 4.69) is 62.5 Å². The number of hydrogen-bond donors (Lipinski definition) is 15. The third-order valence-electron chi connectivity index (χ3n) is 18.3. The zero-order valence-electron chi connectivity index (χ0n) is 57.5. The summed E-state index contributed by atoms with van der Waals surface area (Å²) in [5.41, 5.74) is 16.4. The number of amides is 10. The van der Waals surface area contributed by atoms with E-state index < -0.39 is 157 Å². The van der Waals surface area contributed by atoms with Gasteiger partial charge in [0, 0.05) is 114 Å². The zero-order valence-corrected chi connectivity index (χ0v) is 59.1. The molecule has 2 aliphatic rings. The van der Waals surface area contributed by atoms with Gasteiger partial charge in [-0.1, -0.05) is 66.7 Å². The van der Waals surface area contributed by atoms with Crippen LogP contribution in [0.2, 0.25) is 0 Å². The minimum absolute atomic E-state index is 0.00350. The van der Waals surface area contributed by atoms with E-state index in [9.17, 15) is 48.2 Å². The maximum Gasteiger partial charge on any atom is 0.305 e. The summed E-state index contributed by atoms with van der Waals surface area (Å²) in [7, 11) is 0. The van der Waals surface area contributed by atoms with Gasteiger partial charge in [0.25, 0.3) is 0 Å². The van der Waals surface area contributed by atoms with Crippen molar-refractivity contribution in [3.8, 4) is 5.75 Å². The van der Waals surface area contributed by atoms with Crippen LogP contribution < -0.4 is 54.0 Å². The lowest BCUT2D eigenvalue weighted by atomic mass is 9.96. The Balaban J connectivity index is 0.999. The number of halogens is 2. The standard InChI is InChI=1S/C74H83F2N15O13S2/c75-48-14-18-54-52(28-48)45(32-80-54)25-57-69(99)86-58(26-46-33-81-55-19-15-49(76)29-53(46)55)70(100)88-60(31-66(95)96)72(102)87-59(30-50-34-79-40-83-50)71(101)89-61(24-41-12-16-51(92)17-13-41)74(104)91-36-47(44-9-2-1-3-10-44)27-63(91)73(103)90-62(67(78)97)39-106-38-43-8-6-7-42(23-43)37-105-22-20-64(93)84-56(11-4-5-21-77)68(98)82-35-65(94)85-57/h1-3,6-10,12-19,23,28-29,32-34,40,47,56-63,80-81,92H,4-5,11,20-22,24-27,30-31,35-39,77H2,(H2,78,97)(H,79,83)(H,82,98)(H,84,93)(H,85,94)(H,86,99)(H,87,102)(H,88,100)(H,89,101)(H,90,103)(H,95,96)/t47-,56-,57-,58-,59-,60-,61-,62-,63-/m0/s1. The average Bonchev–Trinajstić information content (AvgIpc) is 1.66. The monoisotopic (exact) mass is 1490 g/mol. The highest BCUT2D eigenvalue weighted by molar-refractivity contribution is 7.98. The van der Waals surface area contributed by atoms with Gasteiger partial charge in [0.2, 0.25) is 59.1 Å². The summed E-state index contributed by atoms with van der Waals surface area (Å²) in [5, 5.41) is 42.4. The van der Waals surface area contributed by atoms with Crippen molar-refractivity contribution in [3.63, 3.8) is 0 Å². The van der Waals surface area contributed by atoms with E-state index in [1.54, 1.807) is 18.2 Å². The summed E-state index contributed by atoms with van der Waals surface area (Å²) in [4.78, 5) is 173. The quantitative estimate of drug-likeness (QED) is 0.0618. The lowest BCUT2D eigenvalue weighted by Crippen LogP contribution is -2.61. The number of imidazole rings is 1. The number of phenolic OH excluding ortho intramolecular Hbond substituents is 1. The van der Waals surface area contributed by atoms with Gasteiger partial charge in [-0.25, -0.2) is 13.8 Å². The second kappa shape index (κ2) is 37.0. The average molecular weight is 1490 g/mol. The van der Waals surface area contributed by atoms with E-state index in [-0.39, 0.29) is 66.8 Å². The summed E-state index contributed by atoms with van der Waals surface area (Å²) in [6.07, 6.45) is 4.00. The topological polar surface area (TPSA) is 440 Å². The maximum absolute atomic E-state index is 15.6. The predicted octanol–water partition coefficient (Wildman–Crippen LogP) is 3.18. The normalized spacial score (nSPS) is 22.2. The highest BCUT2D eigenvalue weighted by atomic mass is 32.2. The fourth-order valence-corrected chi connectivity index (χ4v) is 14.8. The van der Waals surface area contributed by atoms with E-state index in [1.807, 2.05) is 36.4 Å². The summed E-state index contributed by atoms with van der Waals surface area (Å²) >= 11 is 2.78. The van der Waals surface area contributed by atoms with Crippen LogP contribution in [-0.2, 0) is 89.9 Å². The number of nitrogens with two attached hydrogens (primary N) is 2. The molecule has 17 N–H and O–H groups in total. The number of benzene rings is 5. The lowest BCUT2D eigenvalue weighted by molar-refractivity contribution is -0.143. The fourth-order valence-electron chi connectivity index (χ4n) is 12.8. The second-order valence-corrected chi connectivity index (χ2v) is 28.2. The van der Waals surface area contributed by atoms with Gasteiger partial charge in [-0.3, -0.25) is 52.7 Å². The van der Waals surface area contributed by atoms with Crippen LogP contribution >= 0.6 is 23.5 Å². The smallest absolute Gasteiger partial charge is 0.305 e. The number of unbranched alkanes of at least 4 members (excludes halogenated alkanes) is 1. The minimum atomic E-state index is -2.06. The SMILES string of the molecule is NCCCC[C@@H]1NC(=O)CCSCc2cccc(c2)CSC[C@@H](C(N)=O)NC(=O)[C@@H]2C[C@H](c3ccccc3)CN2C(=O)[C@H](Cc2ccc(O)cc2)NC(=O)[C@H](Cc2cnc[nH]2)NC(=O)[C@H](CC(=O)O)NC(=O)[C@H](Cc2c[nH]c3ccc(F)cc23)NC(=O)[C@H](Cc2c[nH]c3ccc(F)cc23)NC(=O)CNC1=O. The molecular weight excluding hydrogens is 1410 g/mol. The Morgan fingerprint density at radius 2 is 1.19 bits per heavy atom. The minimum Gasteiger partial charge on any atom is -0.508 e. The van der Waals surface area contributed by atoms with E-state index in [0.29, 0.717) is 64.2 Å². The largest absolute Gasteiger partial charge is 0.508 e. The highest BCUT2D eigenvalue weighted by Gasteiger charge is 2.44. The second-order valence-electron chi connectivity index (χ2n) is 26.1. The molecule has 5 aromatic carbocycles. The number of carboxylic acid groups (broad SMARTS) is 1. The van der Waals surface area contributed by atoms with Crippen LogP contribution in [0.25, 0.3) is 21.8 Å². The van der Waals surface area contributed by atoms with Crippen LogP contribution in [0.3, 0.4) is 0 Å². The number of phenols is 1.